The van der Waals surface area contributed by atoms with Gasteiger partial charge in [0.05, 0.1) is 5.92 Å². The van der Waals surface area contributed by atoms with Gasteiger partial charge in [0, 0.05) is 26.6 Å². The van der Waals surface area contributed by atoms with Crippen molar-refractivity contribution >= 4 is 11.8 Å². The molecule has 0 saturated heterocycles. The first-order valence-corrected chi connectivity index (χ1v) is 9.82. The Morgan fingerprint density at radius 3 is 1.76 bits per heavy atom. The van der Waals surface area contributed by atoms with Crippen molar-refractivity contribution in [2.75, 3.05) is 13.1 Å². The Kier molecular flexibility index (Phi) is 7.17. The highest BCUT2D eigenvalue weighted by atomic mass is 16.2. The largest absolute Gasteiger partial charge is 0.354 e. The second-order valence-electron chi connectivity index (χ2n) is 6.97. The van der Waals surface area contributed by atoms with Crippen LogP contribution < -0.4 is 5.32 Å². The van der Waals surface area contributed by atoms with Crippen molar-refractivity contribution < 1.29 is 9.59 Å². The van der Waals surface area contributed by atoms with E-state index in [2.05, 4.69) is 5.32 Å². The smallest absolute Gasteiger partial charge is 0.232 e. The molecule has 0 aliphatic rings. The van der Waals surface area contributed by atoms with E-state index in [1.807, 2.05) is 91.0 Å². The summed E-state index contributed by atoms with van der Waals surface area (Å²) in [7, 11) is 0. The zero-order valence-corrected chi connectivity index (χ0v) is 16.6. The lowest BCUT2D eigenvalue weighted by Crippen LogP contribution is -2.39. The Morgan fingerprint density at radius 2 is 1.28 bits per heavy atom. The zero-order chi connectivity index (χ0) is 20.5. The summed E-state index contributed by atoms with van der Waals surface area (Å²) in [4.78, 5) is 26.8. The lowest BCUT2D eigenvalue weighted by atomic mass is 9.90. The number of rotatable bonds is 8. The molecule has 0 aliphatic heterocycles. The van der Waals surface area contributed by atoms with Gasteiger partial charge in [-0.2, -0.15) is 0 Å². The molecule has 1 N–H and O–H groups in total. The van der Waals surface area contributed by atoms with Crippen LogP contribution in [0.2, 0.25) is 0 Å². The van der Waals surface area contributed by atoms with E-state index in [4.69, 9.17) is 0 Å². The summed E-state index contributed by atoms with van der Waals surface area (Å²) in [6, 6.07) is 29.4. The van der Waals surface area contributed by atoms with Gasteiger partial charge in [-0.05, 0) is 16.7 Å². The normalized spacial score (nSPS) is 10.6. The van der Waals surface area contributed by atoms with E-state index in [-0.39, 0.29) is 17.7 Å². The molecule has 3 rings (SSSR count). The van der Waals surface area contributed by atoms with E-state index < -0.39 is 0 Å². The molecular formula is C25H26N2O2. The molecule has 4 heteroatoms. The summed E-state index contributed by atoms with van der Waals surface area (Å²) in [6.45, 7) is 2.96. The van der Waals surface area contributed by atoms with E-state index in [1.54, 1.807) is 11.8 Å². The van der Waals surface area contributed by atoms with Crippen LogP contribution in [-0.4, -0.2) is 29.8 Å². The van der Waals surface area contributed by atoms with Gasteiger partial charge in [-0.15, -0.1) is 0 Å². The van der Waals surface area contributed by atoms with Crippen molar-refractivity contribution in [3.8, 4) is 0 Å². The lowest BCUT2D eigenvalue weighted by Gasteiger charge is -2.23. The van der Waals surface area contributed by atoms with Crippen molar-refractivity contribution in [3.63, 3.8) is 0 Å². The highest BCUT2D eigenvalue weighted by molar-refractivity contribution is 5.87. The minimum absolute atomic E-state index is 0.00855. The van der Waals surface area contributed by atoms with Crippen molar-refractivity contribution in [1.82, 2.24) is 10.2 Å². The molecule has 0 aromatic heterocycles. The third-order valence-electron chi connectivity index (χ3n) is 4.87. The molecule has 0 unspecified atom stereocenters. The summed E-state index contributed by atoms with van der Waals surface area (Å²) in [5, 5.41) is 3.02. The van der Waals surface area contributed by atoms with E-state index in [0.29, 0.717) is 19.6 Å². The summed E-state index contributed by atoms with van der Waals surface area (Å²) < 4.78 is 0. The number of nitrogens with zero attached hydrogens (tertiary/aromatic N) is 1. The Labute approximate surface area is 172 Å². The molecule has 148 valence electrons. The Morgan fingerprint density at radius 1 is 0.793 bits per heavy atom. The van der Waals surface area contributed by atoms with E-state index in [1.165, 1.54) is 0 Å². The monoisotopic (exact) mass is 386 g/mol. The standard InChI is InChI=1S/C25H26N2O2/c1-20(28)27(19-21-11-5-2-6-12-21)18-17-26-25(29)24(22-13-7-3-8-14-22)23-15-9-4-10-16-23/h2-16,24H,17-19H2,1H3,(H,26,29). The van der Waals surface area contributed by atoms with Gasteiger partial charge in [0.25, 0.3) is 0 Å². The van der Waals surface area contributed by atoms with Crippen molar-refractivity contribution in [3.05, 3.63) is 108 Å². The average Bonchev–Trinajstić information content (AvgIpc) is 2.75. The van der Waals surface area contributed by atoms with Crippen LogP contribution in [0.1, 0.15) is 29.5 Å². The first-order chi connectivity index (χ1) is 14.1. The highest BCUT2D eigenvalue weighted by Crippen LogP contribution is 2.24. The molecule has 29 heavy (non-hydrogen) atoms. The number of amides is 2. The minimum atomic E-state index is -0.377. The molecule has 0 saturated carbocycles. The first-order valence-electron chi connectivity index (χ1n) is 9.82. The summed E-state index contributed by atoms with van der Waals surface area (Å²) in [5.41, 5.74) is 2.97. The Balaban J connectivity index is 1.66. The van der Waals surface area contributed by atoms with E-state index in [9.17, 15) is 9.59 Å². The second-order valence-corrected chi connectivity index (χ2v) is 6.97. The van der Waals surface area contributed by atoms with Crippen molar-refractivity contribution in [2.24, 2.45) is 0 Å². The molecule has 0 aliphatic carbocycles. The van der Waals surface area contributed by atoms with Crippen molar-refractivity contribution in [2.45, 2.75) is 19.4 Å². The first kappa shape index (κ1) is 20.3. The third-order valence-corrected chi connectivity index (χ3v) is 4.87. The van der Waals surface area contributed by atoms with Gasteiger partial charge >= 0.3 is 0 Å². The van der Waals surface area contributed by atoms with Crippen LogP contribution in [0.25, 0.3) is 0 Å². The predicted molar refractivity (Wildman–Crippen MR) is 115 cm³/mol. The van der Waals surface area contributed by atoms with Crippen LogP contribution in [-0.2, 0) is 16.1 Å². The molecule has 0 heterocycles. The number of hydrogen-bond acceptors (Lipinski definition) is 2. The number of carbonyl (C=O) groups is 2. The van der Waals surface area contributed by atoms with Crippen LogP contribution in [0, 0.1) is 0 Å². The third kappa shape index (κ3) is 5.79. The van der Waals surface area contributed by atoms with Gasteiger partial charge in [-0.3, -0.25) is 9.59 Å². The fourth-order valence-electron chi connectivity index (χ4n) is 3.35. The quantitative estimate of drug-likeness (QED) is 0.637. The van der Waals surface area contributed by atoms with Gasteiger partial charge in [0.2, 0.25) is 11.8 Å². The number of nitrogens with one attached hydrogen (secondary N) is 1. The number of hydrogen-bond donors (Lipinski definition) is 1. The molecule has 0 fully saturated rings. The van der Waals surface area contributed by atoms with Crippen LogP contribution in [0.5, 0.6) is 0 Å². The minimum Gasteiger partial charge on any atom is -0.354 e. The topological polar surface area (TPSA) is 49.4 Å². The van der Waals surface area contributed by atoms with Crippen LogP contribution in [0.15, 0.2) is 91.0 Å². The lowest BCUT2D eigenvalue weighted by molar-refractivity contribution is -0.130. The van der Waals surface area contributed by atoms with Gasteiger partial charge < -0.3 is 10.2 Å². The number of benzene rings is 3. The molecule has 0 atom stereocenters. The molecule has 3 aromatic rings. The molecule has 4 nitrogen and oxygen atoms in total. The number of carbonyl (C=O) groups excluding carboxylic acids is 2. The Bertz CT molecular complexity index is 872. The van der Waals surface area contributed by atoms with E-state index in [0.717, 1.165) is 16.7 Å². The van der Waals surface area contributed by atoms with Crippen LogP contribution in [0.3, 0.4) is 0 Å². The summed E-state index contributed by atoms with van der Waals surface area (Å²) >= 11 is 0. The van der Waals surface area contributed by atoms with Gasteiger partial charge in [0.15, 0.2) is 0 Å². The fraction of sp³-hybridized carbons (Fsp3) is 0.200. The second kappa shape index (κ2) is 10.2. The van der Waals surface area contributed by atoms with Crippen LogP contribution >= 0.6 is 0 Å². The molecule has 0 radical (unpaired) electrons. The van der Waals surface area contributed by atoms with Crippen LogP contribution in [0.4, 0.5) is 0 Å². The molecule has 0 spiro atoms. The molecule has 2 amide bonds. The zero-order valence-electron chi connectivity index (χ0n) is 16.6. The molecular weight excluding hydrogens is 360 g/mol. The average molecular weight is 386 g/mol. The maximum atomic E-state index is 13.0. The van der Waals surface area contributed by atoms with Gasteiger partial charge in [0.1, 0.15) is 0 Å². The maximum Gasteiger partial charge on any atom is 0.232 e. The fourth-order valence-corrected chi connectivity index (χ4v) is 3.35. The Hall–Kier alpha value is -3.40. The molecule has 3 aromatic carbocycles. The maximum absolute atomic E-state index is 13.0. The molecule has 0 bridgehead atoms. The highest BCUT2D eigenvalue weighted by Gasteiger charge is 2.22. The van der Waals surface area contributed by atoms with E-state index >= 15 is 0 Å². The van der Waals surface area contributed by atoms with Gasteiger partial charge in [-0.1, -0.05) is 91.0 Å². The summed E-state index contributed by atoms with van der Waals surface area (Å²) in [6.07, 6.45) is 0. The van der Waals surface area contributed by atoms with Crippen molar-refractivity contribution in [1.29, 1.82) is 0 Å². The SMILES string of the molecule is CC(=O)N(CCNC(=O)C(c1ccccc1)c1ccccc1)Cc1ccccc1. The van der Waals surface area contributed by atoms with Gasteiger partial charge in [-0.25, -0.2) is 0 Å². The summed E-state index contributed by atoms with van der Waals surface area (Å²) in [5.74, 6) is -0.450. The predicted octanol–water partition coefficient (Wildman–Crippen LogP) is 3.98.